The molecule has 0 radical (unpaired) electrons. The first-order valence-corrected chi connectivity index (χ1v) is 4.21. The average molecular weight is 187 g/mol. The summed E-state index contributed by atoms with van der Waals surface area (Å²) in [6.45, 7) is 0. The van der Waals surface area contributed by atoms with Gasteiger partial charge in [-0.25, -0.2) is 4.68 Å². The van der Waals surface area contributed by atoms with E-state index in [-0.39, 0.29) is 0 Å². The van der Waals surface area contributed by atoms with Gasteiger partial charge >= 0.3 is 0 Å². The highest BCUT2D eigenvalue weighted by Crippen LogP contribution is 2.17. The molecule has 4 heteroatoms. The molecule has 2 aromatic rings. The molecule has 0 aliphatic heterocycles. The van der Waals surface area contributed by atoms with E-state index in [1.54, 1.807) is 16.9 Å². The molecule has 0 N–H and O–H groups in total. The molecule has 0 fully saturated rings. The van der Waals surface area contributed by atoms with E-state index in [1.807, 2.05) is 25.2 Å². The quantitative estimate of drug-likeness (QED) is 0.665. The Bertz CT molecular complexity index is 462. The summed E-state index contributed by atoms with van der Waals surface area (Å²) in [5.74, 6) is 0. The maximum absolute atomic E-state index is 10.6. The Morgan fingerprint density at radius 3 is 2.93 bits per heavy atom. The molecule has 0 spiro atoms. The fraction of sp³-hybridized carbons (Fsp3) is 0.100. The van der Waals surface area contributed by atoms with Gasteiger partial charge in [-0.15, -0.1) is 5.10 Å². The Balaban J connectivity index is 2.52. The number of aldehydes is 1. The van der Waals surface area contributed by atoms with Gasteiger partial charge in [-0.1, -0.05) is 23.4 Å². The van der Waals surface area contributed by atoms with Crippen molar-refractivity contribution in [3.63, 3.8) is 0 Å². The van der Waals surface area contributed by atoms with Crippen molar-refractivity contribution in [3.05, 3.63) is 36.0 Å². The number of hydrogen-bond acceptors (Lipinski definition) is 3. The van der Waals surface area contributed by atoms with E-state index >= 15 is 0 Å². The topological polar surface area (TPSA) is 47.8 Å². The Hall–Kier alpha value is -1.97. The van der Waals surface area contributed by atoms with E-state index in [0.717, 1.165) is 17.5 Å². The maximum atomic E-state index is 10.6. The van der Waals surface area contributed by atoms with Gasteiger partial charge in [-0.2, -0.15) is 0 Å². The van der Waals surface area contributed by atoms with Crippen LogP contribution in [0.2, 0.25) is 0 Å². The number of aromatic nitrogens is 3. The lowest BCUT2D eigenvalue weighted by Crippen LogP contribution is -1.94. The van der Waals surface area contributed by atoms with Crippen LogP contribution in [0.3, 0.4) is 0 Å². The molecule has 70 valence electrons. The van der Waals surface area contributed by atoms with Gasteiger partial charge in [0, 0.05) is 18.2 Å². The SMILES string of the molecule is Cn1nncc1-c1cccc(C=O)c1. The van der Waals surface area contributed by atoms with E-state index in [4.69, 9.17) is 0 Å². The van der Waals surface area contributed by atoms with Gasteiger partial charge in [0.25, 0.3) is 0 Å². The molecule has 4 nitrogen and oxygen atoms in total. The van der Waals surface area contributed by atoms with Crippen LogP contribution < -0.4 is 0 Å². The van der Waals surface area contributed by atoms with E-state index in [2.05, 4.69) is 10.3 Å². The average Bonchev–Trinajstić information content (AvgIpc) is 2.65. The molecule has 0 amide bonds. The van der Waals surface area contributed by atoms with Crippen LogP contribution in [-0.2, 0) is 7.05 Å². The second kappa shape index (κ2) is 3.41. The third-order valence-corrected chi connectivity index (χ3v) is 2.03. The number of carbonyl (C=O) groups excluding carboxylic acids is 1. The molecule has 14 heavy (non-hydrogen) atoms. The Labute approximate surface area is 81.2 Å². The summed E-state index contributed by atoms with van der Waals surface area (Å²) in [4.78, 5) is 10.6. The molecule has 2 rings (SSSR count). The van der Waals surface area contributed by atoms with Crippen molar-refractivity contribution in [2.45, 2.75) is 0 Å². The summed E-state index contributed by atoms with van der Waals surface area (Å²) in [5.41, 5.74) is 2.50. The van der Waals surface area contributed by atoms with Crippen LogP contribution in [0.15, 0.2) is 30.5 Å². The molecule has 1 heterocycles. The highest BCUT2D eigenvalue weighted by Gasteiger charge is 2.03. The highest BCUT2D eigenvalue weighted by molar-refractivity contribution is 5.78. The molecular weight excluding hydrogens is 178 g/mol. The van der Waals surface area contributed by atoms with Crippen molar-refractivity contribution in [3.8, 4) is 11.3 Å². The van der Waals surface area contributed by atoms with Crippen LogP contribution in [0.4, 0.5) is 0 Å². The van der Waals surface area contributed by atoms with Gasteiger partial charge in [0.05, 0.1) is 11.9 Å². The van der Waals surface area contributed by atoms with E-state index in [1.165, 1.54) is 0 Å². The molecule has 0 saturated carbocycles. The van der Waals surface area contributed by atoms with E-state index in [0.29, 0.717) is 5.56 Å². The summed E-state index contributed by atoms with van der Waals surface area (Å²) < 4.78 is 1.67. The number of benzene rings is 1. The third-order valence-electron chi connectivity index (χ3n) is 2.03. The summed E-state index contributed by atoms with van der Waals surface area (Å²) in [7, 11) is 1.82. The van der Waals surface area contributed by atoms with Crippen molar-refractivity contribution in [1.82, 2.24) is 15.0 Å². The molecule has 0 aliphatic carbocycles. The first-order valence-electron chi connectivity index (χ1n) is 4.21. The summed E-state index contributed by atoms with van der Waals surface area (Å²) in [6, 6.07) is 7.34. The van der Waals surface area contributed by atoms with Crippen molar-refractivity contribution in [2.24, 2.45) is 7.05 Å². The van der Waals surface area contributed by atoms with Crippen LogP contribution in [-0.4, -0.2) is 21.3 Å². The van der Waals surface area contributed by atoms with Gasteiger partial charge < -0.3 is 0 Å². The minimum atomic E-state index is 0.656. The predicted molar refractivity (Wildman–Crippen MR) is 51.8 cm³/mol. The zero-order valence-electron chi connectivity index (χ0n) is 7.71. The lowest BCUT2D eigenvalue weighted by molar-refractivity contribution is 0.112. The normalized spacial score (nSPS) is 10.1. The lowest BCUT2D eigenvalue weighted by Gasteiger charge is -2.00. The summed E-state index contributed by atoms with van der Waals surface area (Å²) in [6.07, 6.45) is 2.50. The largest absolute Gasteiger partial charge is 0.298 e. The minimum absolute atomic E-state index is 0.656. The Kier molecular flexibility index (Phi) is 2.10. The minimum Gasteiger partial charge on any atom is -0.298 e. The van der Waals surface area contributed by atoms with Crippen molar-refractivity contribution >= 4 is 6.29 Å². The number of carbonyl (C=O) groups is 1. The maximum Gasteiger partial charge on any atom is 0.150 e. The van der Waals surface area contributed by atoms with Crippen molar-refractivity contribution in [2.75, 3.05) is 0 Å². The Morgan fingerprint density at radius 1 is 1.43 bits per heavy atom. The molecular formula is C10H9N3O. The number of rotatable bonds is 2. The molecule has 0 saturated heterocycles. The predicted octanol–water partition coefficient (Wildman–Crippen LogP) is 1.29. The molecule has 0 atom stereocenters. The van der Waals surface area contributed by atoms with Crippen molar-refractivity contribution < 1.29 is 4.79 Å². The monoisotopic (exact) mass is 187 g/mol. The zero-order valence-corrected chi connectivity index (χ0v) is 7.71. The van der Waals surface area contributed by atoms with Crippen LogP contribution in [0.1, 0.15) is 10.4 Å². The van der Waals surface area contributed by atoms with Gasteiger partial charge in [0.2, 0.25) is 0 Å². The molecule has 0 bridgehead atoms. The van der Waals surface area contributed by atoms with Crippen LogP contribution in [0, 0.1) is 0 Å². The smallest absolute Gasteiger partial charge is 0.150 e. The number of nitrogens with zero attached hydrogens (tertiary/aromatic N) is 3. The third kappa shape index (κ3) is 1.42. The molecule has 0 unspecified atom stereocenters. The highest BCUT2D eigenvalue weighted by atomic mass is 16.1. The van der Waals surface area contributed by atoms with Gasteiger partial charge in [-0.05, 0) is 6.07 Å². The number of aryl methyl sites for hydroxylation is 1. The second-order valence-electron chi connectivity index (χ2n) is 2.99. The summed E-state index contributed by atoms with van der Waals surface area (Å²) >= 11 is 0. The van der Waals surface area contributed by atoms with Gasteiger partial charge in [-0.3, -0.25) is 4.79 Å². The van der Waals surface area contributed by atoms with Crippen LogP contribution >= 0.6 is 0 Å². The van der Waals surface area contributed by atoms with Crippen LogP contribution in [0.5, 0.6) is 0 Å². The van der Waals surface area contributed by atoms with Gasteiger partial charge in [0.15, 0.2) is 0 Å². The first kappa shape index (κ1) is 8.62. The number of hydrogen-bond donors (Lipinski definition) is 0. The van der Waals surface area contributed by atoms with Crippen LogP contribution in [0.25, 0.3) is 11.3 Å². The standard InChI is InChI=1S/C10H9N3O/c1-13-10(6-11-12-13)9-4-2-3-8(5-9)7-14/h2-7H,1H3. The fourth-order valence-corrected chi connectivity index (χ4v) is 1.32. The molecule has 1 aromatic heterocycles. The lowest BCUT2D eigenvalue weighted by atomic mass is 10.1. The molecule has 1 aromatic carbocycles. The fourth-order valence-electron chi connectivity index (χ4n) is 1.32. The van der Waals surface area contributed by atoms with Gasteiger partial charge in [0.1, 0.15) is 6.29 Å². The van der Waals surface area contributed by atoms with E-state index < -0.39 is 0 Å². The van der Waals surface area contributed by atoms with Crippen molar-refractivity contribution in [1.29, 1.82) is 0 Å². The summed E-state index contributed by atoms with van der Waals surface area (Å²) in [5, 5.41) is 7.61. The molecule has 0 aliphatic rings. The van der Waals surface area contributed by atoms with E-state index in [9.17, 15) is 4.79 Å². The second-order valence-corrected chi connectivity index (χ2v) is 2.99. The zero-order chi connectivity index (χ0) is 9.97. The first-order chi connectivity index (χ1) is 6.81. The Morgan fingerprint density at radius 2 is 2.29 bits per heavy atom.